The molecule has 0 radical (unpaired) electrons. The molecule has 0 saturated carbocycles. The Morgan fingerprint density at radius 3 is 2.18 bits per heavy atom. The highest BCUT2D eigenvalue weighted by atomic mass is 35.5. The molecule has 39 heavy (non-hydrogen) atoms. The third-order valence-corrected chi connectivity index (χ3v) is 8.42. The van der Waals surface area contributed by atoms with Crippen molar-refractivity contribution in [3.63, 3.8) is 0 Å². The van der Waals surface area contributed by atoms with E-state index >= 15 is 0 Å². The first-order valence-electron chi connectivity index (χ1n) is 12.6. The first kappa shape index (κ1) is 30.0. The van der Waals surface area contributed by atoms with E-state index in [0.717, 1.165) is 16.3 Å². The maximum atomic E-state index is 14.0. The van der Waals surface area contributed by atoms with Crippen LogP contribution in [0.25, 0.3) is 0 Å². The molecule has 2 amide bonds. The molecule has 2 atom stereocenters. The number of nitrogens with zero attached hydrogens (tertiary/aromatic N) is 2. The molecule has 0 spiro atoms. The fourth-order valence-electron chi connectivity index (χ4n) is 3.90. The average molecular weight is 572 g/mol. The number of hydrogen-bond donors (Lipinski definition) is 1. The number of methoxy groups -OCH3 is 1. The Morgan fingerprint density at radius 1 is 0.949 bits per heavy atom. The molecule has 0 unspecified atom stereocenters. The highest BCUT2D eigenvalue weighted by molar-refractivity contribution is 7.92. The first-order valence-corrected chi connectivity index (χ1v) is 14.4. The predicted octanol–water partition coefficient (Wildman–Crippen LogP) is 4.88. The predicted molar refractivity (Wildman–Crippen MR) is 153 cm³/mol. The topological polar surface area (TPSA) is 96.0 Å². The van der Waals surface area contributed by atoms with Gasteiger partial charge in [-0.25, -0.2) is 8.42 Å². The zero-order chi connectivity index (χ0) is 28.6. The van der Waals surface area contributed by atoms with Crippen molar-refractivity contribution in [2.24, 2.45) is 0 Å². The van der Waals surface area contributed by atoms with E-state index in [4.69, 9.17) is 16.3 Å². The van der Waals surface area contributed by atoms with E-state index in [0.29, 0.717) is 5.02 Å². The molecular weight excluding hydrogens is 538 g/mol. The number of rotatable bonds is 12. The van der Waals surface area contributed by atoms with Crippen molar-refractivity contribution in [2.45, 2.75) is 50.7 Å². The Hall–Kier alpha value is -3.56. The van der Waals surface area contributed by atoms with Gasteiger partial charge in [-0.15, -0.1) is 0 Å². The number of sulfonamides is 1. The molecule has 0 aromatic heterocycles. The number of ether oxygens (including phenoxy) is 1. The SMILES string of the molecule is CC[C@@H](C)NC(=O)[C@H](C)N(Cc1ccc(Cl)cc1)C(=O)CN(c1ccccc1OC)S(=O)(=O)c1ccccc1. The van der Waals surface area contributed by atoms with Gasteiger partial charge < -0.3 is 15.0 Å². The molecule has 8 nitrogen and oxygen atoms in total. The number of halogens is 1. The summed E-state index contributed by atoms with van der Waals surface area (Å²) >= 11 is 6.04. The van der Waals surface area contributed by atoms with E-state index in [-0.39, 0.29) is 34.8 Å². The van der Waals surface area contributed by atoms with Gasteiger partial charge in [0, 0.05) is 17.6 Å². The zero-order valence-electron chi connectivity index (χ0n) is 22.5. The Balaban J connectivity index is 2.04. The summed E-state index contributed by atoms with van der Waals surface area (Å²) in [4.78, 5) is 28.5. The summed E-state index contributed by atoms with van der Waals surface area (Å²) in [6.07, 6.45) is 0.723. The van der Waals surface area contributed by atoms with E-state index < -0.39 is 28.5 Å². The number of nitrogens with one attached hydrogen (secondary N) is 1. The summed E-state index contributed by atoms with van der Waals surface area (Å²) in [7, 11) is -2.74. The largest absolute Gasteiger partial charge is 0.495 e. The Bertz CT molecular complexity index is 1370. The van der Waals surface area contributed by atoms with Crippen molar-refractivity contribution in [3.05, 3.63) is 89.4 Å². The van der Waals surface area contributed by atoms with Crippen molar-refractivity contribution >= 4 is 39.1 Å². The maximum Gasteiger partial charge on any atom is 0.264 e. The van der Waals surface area contributed by atoms with Crippen LogP contribution in [0.2, 0.25) is 5.02 Å². The Morgan fingerprint density at radius 2 is 1.56 bits per heavy atom. The molecule has 0 aliphatic carbocycles. The summed E-state index contributed by atoms with van der Waals surface area (Å²) < 4.78 is 34.2. The second-order valence-corrected chi connectivity index (χ2v) is 11.4. The van der Waals surface area contributed by atoms with Crippen molar-refractivity contribution in [1.82, 2.24) is 10.2 Å². The summed E-state index contributed by atoms with van der Waals surface area (Å²) in [5.74, 6) is -0.597. The van der Waals surface area contributed by atoms with Crippen LogP contribution in [0.5, 0.6) is 5.75 Å². The van der Waals surface area contributed by atoms with E-state index in [1.54, 1.807) is 73.7 Å². The monoisotopic (exact) mass is 571 g/mol. The Labute approximate surface area is 235 Å². The third kappa shape index (κ3) is 7.52. The lowest BCUT2D eigenvalue weighted by Crippen LogP contribution is -2.52. The molecule has 3 aromatic carbocycles. The lowest BCUT2D eigenvalue weighted by atomic mass is 10.1. The van der Waals surface area contributed by atoms with Gasteiger partial charge in [-0.3, -0.25) is 13.9 Å². The summed E-state index contributed by atoms with van der Waals surface area (Å²) in [5.41, 5.74) is 0.950. The number of anilines is 1. The molecule has 0 saturated heterocycles. The van der Waals surface area contributed by atoms with E-state index in [1.165, 1.54) is 24.1 Å². The minimum atomic E-state index is -4.17. The fourth-order valence-corrected chi connectivity index (χ4v) is 5.48. The van der Waals surface area contributed by atoms with E-state index in [2.05, 4.69) is 5.32 Å². The van der Waals surface area contributed by atoms with Crippen LogP contribution in [0.3, 0.4) is 0 Å². The molecule has 0 aliphatic rings. The van der Waals surface area contributed by atoms with E-state index in [1.807, 2.05) is 13.8 Å². The van der Waals surface area contributed by atoms with Crippen LogP contribution in [-0.4, -0.2) is 50.9 Å². The molecule has 3 rings (SSSR count). The van der Waals surface area contributed by atoms with Gasteiger partial charge in [0.1, 0.15) is 18.3 Å². The molecule has 208 valence electrons. The number of carbonyl (C=O) groups is 2. The minimum Gasteiger partial charge on any atom is -0.495 e. The second kappa shape index (κ2) is 13.5. The summed E-state index contributed by atoms with van der Waals surface area (Å²) in [5, 5.41) is 3.45. The number of hydrogen-bond acceptors (Lipinski definition) is 5. The molecular formula is C29H34ClN3O5S. The minimum absolute atomic E-state index is 0.0236. The zero-order valence-corrected chi connectivity index (χ0v) is 24.1. The quantitative estimate of drug-likeness (QED) is 0.334. The van der Waals surface area contributed by atoms with Gasteiger partial charge in [0.05, 0.1) is 17.7 Å². The normalized spacial score (nSPS) is 12.7. The molecule has 0 aliphatic heterocycles. The lowest BCUT2D eigenvalue weighted by Gasteiger charge is -2.32. The van der Waals surface area contributed by atoms with Crippen molar-refractivity contribution < 1.29 is 22.7 Å². The molecule has 0 bridgehead atoms. The van der Waals surface area contributed by atoms with Gasteiger partial charge in [0.2, 0.25) is 11.8 Å². The highest BCUT2D eigenvalue weighted by Crippen LogP contribution is 2.32. The number of para-hydroxylation sites is 2. The maximum absolute atomic E-state index is 14.0. The summed E-state index contributed by atoms with van der Waals surface area (Å²) in [6.45, 7) is 4.99. The van der Waals surface area contributed by atoms with Crippen molar-refractivity contribution in [2.75, 3.05) is 18.0 Å². The van der Waals surface area contributed by atoms with Gasteiger partial charge in [-0.05, 0) is 62.2 Å². The van der Waals surface area contributed by atoms with Gasteiger partial charge in [0.15, 0.2) is 0 Å². The molecule has 10 heteroatoms. The summed E-state index contributed by atoms with van der Waals surface area (Å²) in [6, 6.07) is 20.4. The highest BCUT2D eigenvalue weighted by Gasteiger charge is 2.33. The Kier molecular flexibility index (Phi) is 10.4. The van der Waals surface area contributed by atoms with Gasteiger partial charge in [0.25, 0.3) is 10.0 Å². The van der Waals surface area contributed by atoms with Crippen LogP contribution in [0, 0.1) is 0 Å². The number of benzene rings is 3. The smallest absolute Gasteiger partial charge is 0.264 e. The lowest BCUT2D eigenvalue weighted by molar-refractivity contribution is -0.139. The van der Waals surface area contributed by atoms with Crippen LogP contribution in [-0.2, 0) is 26.2 Å². The first-order chi connectivity index (χ1) is 18.6. The van der Waals surface area contributed by atoms with Crippen LogP contribution >= 0.6 is 11.6 Å². The van der Waals surface area contributed by atoms with Gasteiger partial charge in [-0.1, -0.05) is 61.0 Å². The van der Waals surface area contributed by atoms with Gasteiger partial charge in [-0.2, -0.15) is 0 Å². The molecule has 0 heterocycles. The number of amides is 2. The van der Waals surface area contributed by atoms with Crippen LogP contribution in [0.4, 0.5) is 5.69 Å². The van der Waals surface area contributed by atoms with Crippen molar-refractivity contribution in [1.29, 1.82) is 0 Å². The standard InChI is InChI=1S/C29H34ClN3O5S/c1-5-21(2)31-29(35)22(3)32(19-23-15-17-24(30)18-16-23)28(34)20-33(26-13-9-10-14-27(26)38-4)39(36,37)25-11-7-6-8-12-25/h6-18,21-22H,5,19-20H2,1-4H3,(H,31,35)/t21-,22+/m1/s1. The van der Waals surface area contributed by atoms with Crippen LogP contribution < -0.4 is 14.4 Å². The van der Waals surface area contributed by atoms with Gasteiger partial charge >= 0.3 is 0 Å². The van der Waals surface area contributed by atoms with E-state index in [9.17, 15) is 18.0 Å². The molecule has 0 fully saturated rings. The fraction of sp³-hybridized carbons (Fsp3) is 0.310. The molecule has 1 N–H and O–H groups in total. The van der Waals surface area contributed by atoms with Crippen LogP contribution in [0.15, 0.2) is 83.8 Å². The second-order valence-electron chi connectivity index (χ2n) is 9.14. The third-order valence-electron chi connectivity index (χ3n) is 6.40. The average Bonchev–Trinajstić information content (AvgIpc) is 2.95. The van der Waals surface area contributed by atoms with Crippen molar-refractivity contribution in [3.8, 4) is 5.75 Å². The molecule has 3 aromatic rings. The number of carbonyl (C=O) groups excluding carboxylic acids is 2. The van der Waals surface area contributed by atoms with Crippen LogP contribution in [0.1, 0.15) is 32.8 Å².